The van der Waals surface area contributed by atoms with Crippen LogP contribution in [0.2, 0.25) is 5.02 Å². The first-order valence-corrected chi connectivity index (χ1v) is 11.7. The van der Waals surface area contributed by atoms with E-state index in [0.717, 1.165) is 47.9 Å². The van der Waals surface area contributed by atoms with Crippen molar-refractivity contribution in [1.29, 1.82) is 0 Å². The fourth-order valence-corrected chi connectivity index (χ4v) is 4.55. The maximum atomic E-state index is 13.5. The van der Waals surface area contributed by atoms with Crippen molar-refractivity contribution in [2.45, 2.75) is 77.9 Å². The van der Waals surface area contributed by atoms with Crippen LogP contribution in [0, 0.1) is 13.8 Å². The maximum absolute atomic E-state index is 13.5. The number of halogens is 1. The minimum Gasteiger partial charge on any atom is -0.352 e. The highest BCUT2D eigenvalue weighted by Crippen LogP contribution is 2.23. The summed E-state index contributed by atoms with van der Waals surface area (Å²) in [5, 5.41) is 3.79. The third-order valence-electron chi connectivity index (χ3n) is 6.23. The van der Waals surface area contributed by atoms with Crippen LogP contribution in [0.5, 0.6) is 0 Å². The second kappa shape index (κ2) is 10.8. The number of rotatable bonds is 8. The van der Waals surface area contributed by atoms with E-state index in [1.165, 1.54) is 0 Å². The van der Waals surface area contributed by atoms with Gasteiger partial charge in [0.1, 0.15) is 6.04 Å². The van der Waals surface area contributed by atoms with Gasteiger partial charge in [0.15, 0.2) is 0 Å². The Morgan fingerprint density at radius 3 is 2.48 bits per heavy atom. The van der Waals surface area contributed by atoms with E-state index in [1.54, 1.807) is 4.90 Å². The minimum absolute atomic E-state index is 0.0537. The highest BCUT2D eigenvalue weighted by molar-refractivity contribution is 6.31. The van der Waals surface area contributed by atoms with Crippen molar-refractivity contribution in [2.75, 3.05) is 0 Å². The Morgan fingerprint density at radius 1 is 1.10 bits per heavy atom. The smallest absolute Gasteiger partial charge is 0.243 e. The fourth-order valence-electron chi connectivity index (χ4n) is 4.35. The van der Waals surface area contributed by atoms with Gasteiger partial charge in [-0.05, 0) is 55.9 Å². The molecule has 0 bridgehead atoms. The largest absolute Gasteiger partial charge is 0.352 e. The second-order valence-corrected chi connectivity index (χ2v) is 9.04. The number of benzene rings is 2. The molecule has 2 amide bonds. The summed E-state index contributed by atoms with van der Waals surface area (Å²) in [6.07, 6.45) is 5.16. The van der Waals surface area contributed by atoms with Crippen molar-refractivity contribution in [1.82, 2.24) is 10.2 Å². The first-order valence-electron chi connectivity index (χ1n) is 11.3. The number of nitrogens with zero attached hydrogens (tertiary/aromatic N) is 1. The van der Waals surface area contributed by atoms with Gasteiger partial charge in [0.25, 0.3) is 0 Å². The highest BCUT2D eigenvalue weighted by atomic mass is 35.5. The van der Waals surface area contributed by atoms with Crippen LogP contribution >= 0.6 is 11.6 Å². The lowest BCUT2D eigenvalue weighted by Gasteiger charge is -2.32. The SMILES string of the molecule is CC[C@H](C(=O)NC1CCCC1)N(Cc1ccccc1Cl)C(=O)Cc1cc(C)ccc1C. The zero-order valence-electron chi connectivity index (χ0n) is 18.8. The van der Waals surface area contributed by atoms with Gasteiger partial charge in [-0.25, -0.2) is 0 Å². The van der Waals surface area contributed by atoms with Crippen molar-refractivity contribution in [3.8, 4) is 0 Å². The van der Waals surface area contributed by atoms with Gasteiger partial charge in [-0.1, -0.05) is 73.3 Å². The molecule has 0 spiro atoms. The van der Waals surface area contributed by atoms with Gasteiger partial charge in [-0.15, -0.1) is 0 Å². The number of hydrogen-bond donors (Lipinski definition) is 1. The number of hydrogen-bond acceptors (Lipinski definition) is 2. The molecule has 0 saturated heterocycles. The molecule has 1 aliphatic rings. The van der Waals surface area contributed by atoms with Crippen molar-refractivity contribution in [3.05, 3.63) is 69.7 Å². The molecule has 0 radical (unpaired) electrons. The Balaban J connectivity index is 1.86. The summed E-state index contributed by atoms with van der Waals surface area (Å²) in [4.78, 5) is 28.4. The molecule has 166 valence electrons. The standard InChI is InChI=1S/C26H33ClN2O2/c1-4-24(26(31)28-22-10-6-7-11-22)29(17-20-9-5-8-12-23(20)27)25(30)16-21-15-18(2)13-14-19(21)3/h5,8-9,12-15,22,24H,4,6-7,10-11,16-17H2,1-3H3,(H,28,31)/t24-/m1/s1. The molecule has 3 rings (SSSR count). The number of amides is 2. The Morgan fingerprint density at radius 2 is 1.81 bits per heavy atom. The van der Waals surface area contributed by atoms with E-state index in [-0.39, 0.29) is 24.3 Å². The van der Waals surface area contributed by atoms with Crippen LogP contribution in [0.1, 0.15) is 61.3 Å². The number of aryl methyl sites for hydroxylation is 2. The third kappa shape index (κ3) is 6.10. The summed E-state index contributed by atoms with van der Waals surface area (Å²) in [6.45, 7) is 6.33. The zero-order valence-corrected chi connectivity index (χ0v) is 19.5. The van der Waals surface area contributed by atoms with Crippen LogP contribution in [0.4, 0.5) is 0 Å². The topological polar surface area (TPSA) is 49.4 Å². The predicted octanol–water partition coefficient (Wildman–Crippen LogP) is 5.37. The molecule has 5 heteroatoms. The lowest BCUT2D eigenvalue weighted by Crippen LogP contribution is -2.51. The third-order valence-corrected chi connectivity index (χ3v) is 6.60. The van der Waals surface area contributed by atoms with Gasteiger partial charge >= 0.3 is 0 Å². The minimum atomic E-state index is -0.519. The molecule has 0 heterocycles. The summed E-state index contributed by atoms with van der Waals surface area (Å²) in [5.41, 5.74) is 4.06. The molecule has 31 heavy (non-hydrogen) atoms. The van der Waals surface area contributed by atoms with Crippen molar-refractivity contribution in [3.63, 3.8) is 0 Å². The van der Waals surface area contributed by atoms with Crippen LogP contribution in [0.15, 0.2) is 42.5 Å². The van der Waals surface area contributed by atoms with Crippen LogP contribution in [-0.4, -0.2) is 28.8 Å². The highest BCUT2D eigenvalue weighted by Gasteiger charge is 2.31. The molecule has 1 aliphatic carbocycles. The molecule has 1 atom stereocenters. The van der Waals surface area contributed by atoms with E-state index in [4.69, 9.17) is 11.6 Å². The van der Waals surface area contributed by atoms with E-state index >= 15 is 0 Å². The van der Waals surface area contributed by atoms with E-state index in [1.807, 2.05) is 51.1 Å². The maximum Gasteiger partial charge on any atom is 0.243 e. The van der Waals surface area contributed by atoms with Gasteiger partial charge in [0.05, 0.1) is 6.42 Å². The molecule has 2 aromatic rings. The molecular weight excluding hydrogens is 408 g/mol. The summed E-state index contributed by atoms with van der Waals surface area (Å²) in [7, 11) is 0. The Kier molecular flexibility index (Phi) is 8.14. The first-order chi connectivity index (χ1) is 14.9. The number of carbonyl (C=O) groups is 2. The lowest BCUT2D eigenvalue weighted by molar-refractivity contribution is -0.141. The van der Waals surface area contributed by atoms with Gasteiger partial charge in [-0.3, -0.25) is 9.59 Å². The molecule has 1 fully saturated rings. The van der Waals surface area contributed by atoms with Crippen LogP contribution < -0.4 is 5.32 Å². The second-order valence-electron chi connectivity index (χ2n) is 8.63. The van der Waals surface area contributed by atoms with E-state index in [0.29, 0.717) is 18.0 Å². The van der Waals surface area contributed by atoms with Gasteiger partial charge in [0, 0.05) is 17.6 Å². The van der Waals surface area contributed by atoms with Crippen molar-refractivity contribution >= 4 is 23.4 Å². The van der Waals surface area contributed by atoms with Gasteiger partial charge in [-0.2, -0.15) is 0 Å². The average molecular weight is 441 g/mol. The van der Waals surface area contributed by atoms with Crippen molar-refractivity contribution in [2.24, 2.45) is 0 Å². The Labute approximate surface area is 191 Å². The number of carbonyl (C=O) groups excluding carboxylic acids is 2. The Hall–Kier alpha value is -2.33. The number of nitrogens with one attached hydrogen (secondary N) is 1. The van der Waals surface area contributed by atoms with Crippen LogP contribution in [0.3, 0.4) is 0 Å². The quantitative estimate of drug-likeness (QED) is 0.600. The van der Waals surface area contributed by atoms with Crippen LogP contribution in [0.25, 0.3) is 0 Å². The van der Waals surface area contributed by atoms with Gasteiger partial charge < -0.3 is 10.2 Å². The van der Waals surface area contributed by atoms with Gasteiger partial charge in [0.2, 0.25) is 11.8 Å². The first kappa shape index (κ1) is 23.3. The van der Waals surface area contributed by atoms with Crippen molar-refractivity contribution < 1.29 is 9.59 Å². The Bertz CT molecular complexity index is 921. The summed E-state index contributed by atoms with van der Waals surface area (Å²) >= 11 is 6.41. The molecule has 2 aromatic carbocycles. The zero-order chi connectivity index (χ0) is 22.4. The predicted molar refractivity (Wildman–Crippen MR) is 126 cm³/mol. The molecule has 1 N–H and O–H groups in total. The molecule has 0 aromatic heterocycles. The average Bonchev–Trinajstić information content (AvgIpc) is 3.25. The fraction of sp³-hybridized carbons (Fsp3) is 0.462. The van der Waals surface area contributed by atoms with E-state index < -0.39 is 6.04 Å². The monoisotopic (exact) mass is 440 g/mol. The summed E-state index contributed by atoms with van der Waals surface area (Å²) in [6, 6.07) is 13.4. The van der Waals surface area contributed by atoms with E-state index in [2.05, 4.69) is 17.4 Å². The lowest BCUT2D eigenvalue weighted by atomic mass is 10.0. The molecule has 0 aliphatic heterocycles. The normalized spacial score (nSPS) is 15.0. The van der Waals surface area contributed by atoms with E-state index in [9.17, 15) is 9.59 Å². The summed E-state index contributed by atoms with van der Waals surface area (Å²) < 4.78 is 0. The van der Waals surface area contributed by atoms with Crippen LogP contribution in [-0.2, 0) is 22.6 Å². The summed E-state index contributed by atoms with van der Waals surface area (Å²) in [5.74, 6) is -0.113. The molecule has 1 saturated carbocycles. The molecule has 0 unspecified atom stereocenters. The molecule has 4 nitrogen and oxygen atoms in total. The molecular formula is C26H33ClN2O2.